The number of para-hydroxylation sites is 1. The number of nitrogens with one attached hydrogen (secondary N) is 4. The van der Waals surface area contributed by atoms with Crippen molar-refractivity contribution in [3.8, 4) is 44.5 Å². The van der Waals surface area contributed by atoms with Gasteiger partial charge in [0.05, 0.1) is 9.60 Å². The molecule has 0 fully saturated rings. The Morgan fingerprint density at radius 3 is 1.10 bits per heavy atom. The van der Waals surface area contributed by atoms with Crippen molar-refractivity contribution < 1.29 is 9.60 Å². The van der Waals surface area contributed by atoms with E-state index in [2.05, 4.69) is 361 Å². The quantitative estimate of drug-likeness (QED) is 0.0921. The smallest absolute Gasteiger partial charge is 0.0629 e. The molecule has 0 radical (unpaired) electrons. The fourth-order valence-corrected chi connectivity index (χ4v) is 15.0. The molecular weight excluding hydrogens is 1350 g/mol. The van der Waals surface area contributed by atoms with Crippen molar-refractivity contribution in [1.82, 2.24) is 0 Å². The summed E-state index contributed by atoms with van der Waals surface area (Å²) >= 11 is 0. The third-order valence-corrected chi connectivity index (χ3v) is 20.6. The SMILES string of the molecule is [2H]c1c([2H])c([2H])c2c(-c3ccc(Nc4cc5ccccc5c5ccccc45)cc3)c([2H])c([2H])c([2H])c2c1[2H].c1ccc(Nc2ccc(-c3cc4ccccc4c4ccccc34)cc2)cc1.c1ccc2cc(Nc3ccc(-c4ccc5ccccc5c4)cc3)ccc2c1.c1ccc2cc(Nc3ccc(-c4cccc5ccccc45)cc3)ccc2c1. The first-order chi connectivity index (χ1) is 58.4. The molecule has 0 amide bonds. The molecule has 0 spiro atoms. The van der Waals surface area contributed by atoms with Crippen molar-refractivity contribution in [3.05, 3.63) is 449 Å². The van der Waals surface area contributed by atoms with Gasteiger partial charge in [0.1, 0.15) is 0 Å². The van der Waals surface area contributed by atoms with Crippen molar-refractivity contribution >= 4 is 142 Å². The van der Waals surface area contributed by atoms with Crippen LogP contribution in [0.2, 0.25) is 0 Å². The van der Waals surface area contributed by atoms with Crippen LogP contribution in [0.4, 0.5) is 45.5 Å². The Kier molecular flexibility index (Phi) is 17.4. The lowest BCUT2D eigenvalue weighted by molar-refractivity contribution is 1.55. The normalized spacial score (nSPS) is 11.9. The number of hydrogen-bond donors (Lipinski definition) is 4. The van der Waals surface area contributed by atoms with Gasteiger partial charge in [0, 0.05) is 50.9 Å². The Morgan fingerprint density at radius 2 is 0.518 bits per heavy atom. The monoisotopic (exact) mass is 1440 g/mol. The molecule has 4 nitrogen and oxygen atoms in total. The van der Waals surface area contributed by atoms with Gasteiger partial charge in [0.25, 0.3) is 0 Å². The van der Waals surface area contributed by atoms with Crippen molar-refractivity contribution in [1.29, 1.82) is 0 Å². The molecule has 21 aromatic rings. The number of fused-ring (bicyclic) bond motifs is 11. The van der Waals surface area contributed by atoms with E-state index in [4.69, 9.17) is 9.60 Å². The Morgan fingerprint density at radius 1 is 0.152 bits per heavy atom. The predicted molar refractivity (Wildman–Crippen MR) is 484 cm³/mol. The summed E-state index contributed by atoms with van der Waals surface area (Å²) in [6.07, 6.45) is 0. The Balaban J connectivity index is 0.000000110. The van der Waals surface area contributed by atoms with Gasteiger partial charge in [0.15, 0.2) is 0 Å². The minimum absolute atomic E-state index is 0.0446. The summed E-state index contributed by atoms with van der Waals surface area (Å²) in [5.74, 6) is 0. The summed E-state index contributed by atoms with van der Waals surface area (Å²) in [6, 6.07) is 139. The third-order valence-electron chi connectivity index (χ3n) is 20.6. The minimum Gasteiger partial charge on any atom is -0.356 e. The zero-order valence-electron chi connectivity index (χ0n) is 68.2. The predicted octanol–water partition coefficient (Wildman–Crippen LogP) is 30.8. The van der Waals surface area contributed by atoms with Gasteiger partial charge in [-0.05, 0) is 239 Å². The molecule has 0 saturated carbocycles. The molecule has 4 heteroatoms. The molecule has 0 atom stereocenters. The molecule has 0 bridgehead atoms. The number of benzene rings is 21. The highest BCUT2D eigenvalue weighted by Gasteiger charge is 2.13. The highest BCUT2D eigenvalue weighted by Crippen LogP contribution is 2.39. The molecule has 0 aliphatic heterocycles. The van der Waals surface area contributed by atoms with Gasteiger partial charge in [0.2, 0.25) is 0 Å². The second kappa shape index (κ2) is 31.9. The van der Waals surface area contributed by atoms with Crippen molar-refractivity contribution in [2.75, 3.05) is 21.3 Å². The summed E-state index contributed by atoms with van der Waals surface area (Å²) < 4.78 is 58.1. The van der Waals surface area contributed by atoms with E-state index in [1.165, 1.54) is 103 Å². The minimum atomic E-state index is -0.457. The van der Waals surface area contributed by atoms with E-state index in [0.29, 0.717) is 5.56 Å². The molecule has 0 heterocycles. The van der Waals surface area contributed by atoms with Gasteiger partial charge >= 0.3 is 0 Å². The van der Waals surface area contributed by atoms with E-state index < -0.39 is 12.1 Å². The zero-order chi connectivity index (χ0) is 80.9. The molecule has 0 saturated heterocycles. The van der Waals surface area contributed by atoms with Crippen LogP contribution in [0.1, 0.15) is 9.60 Å². The summed E-state index contributed by atoms with van der Waals surface area (Å²) in [5, 5.41) is 33.8. The topological polar surface area (TPSA) is 48.1 Å². The van der Waals surface area contributed by atoms with Crippen LogP contribution in [0.3, 0.4) is 0 Å². The van der Waals surface area contributed by atoms with Crippen LogP contribution >= 0.6 is 0 Å². The molecule has 530 valence electrons. The zero-order valence-corrected chi connectivity index (χ0v) is 61.2. The maximum atomic E-state index is 8.57. The van der Waals surface area contributed by atoms with Crippen LogP contribution < -0.4 is 21.3 Å². The molecule has 0 aliphatic rings. The first kappa shape index (κ1) is 61.2. The summed E-state index contributed by atoms with van der Waals surface area (Å²) in [5.41, 5.74) is 16.6. The van der Waals surface area contributed by atoms with Crippen LogP contribution in [0, 0.1) is 0 Å². The summed E-state index contributed by atoms with van der Waals surface area (Å²) in [4.78, 5) is 0. The molecule has 21 aromatic carbocycles. The number of rotatable bonds is 12. The van der Waals surface area contributed by atoms with Crippen molar-refractivity contribution in [2.45, 2.75) is 0 Å². The van der Waals surface area contributed by atoms with E-state index in [9.17, 15) is 0 Å². The molecule has 0 aromatic heterocycles. The molecule has 0 unspecified atom stereocenters. The van der Waals surface area contributed by atoms with Gasteiger partial charge in [-0.1, -0.05) is 346 Å². The lowest BCUT2D eigenvalue weighted by Crippen LogP contribution is -1.92. The lowest BCUT2D eigenvalue weighted by Gasteiger charge is -2.14. The summed E-state index contributed by atoms with van der Waals surface area (Å²) in [6.45, 7) is 0. The van der Waals surface area contributed by atoms with E-state index in [0.717, 1.165) is 61.7 Å². The fourth-order valence-electron chi connectivity index (χ4n) is 15.0. The van der Waals surface area contributed by atoms with E-state index in [1.54, 1.807) is 12.1 Å². The molecule has 0 aliphatic carbocycles. The Labute approximate surface area is 662 Å². The molecule has 4 N–H and O–H groups in total. The van der Waals surface area contributed by atoms with Crippen LogP contribution in [-0.2, 0) is 0 Å². The van der Waals surface area contributed by atoms with Gasteiger partial charge in [-0.25, -0.2) is 0 Å². The second-order valence-corrected chi connectivity index (χ2v) is 27.8. The molecule has 21 rings (SSSR count). The maximum Gasteiger partial charge on any atom is 0.0629 e. The Hall–Kier alpha value is -14.8. The van der Waals surface area contributed by atoms with E-state index >= 15 is 0 Å². The van der Waals surface area contributed by atoms with Crippen LogP contribution in [-0.4, -0.2) is 0 Å². The lowest BCUT2D eigenvalue weighted by atomic mass is 9.93. The number of hydrogen-bond acceptors (Lipinski definition) is 4. The van der Waals surface area contributed by atoms with E-state index in [1.807, 2.05) is 54.6 Å². The fraction of sp³-hybridized carbons (Fsp3) is 0. The maximum absolute atomic E-state index is 8.57. The highest BCUT2D eigenvalue weighted by molar-refractivity contribution is 6.15. The van der Waals surface area contributed by atoms with Gasteiger partial charge < -0.3 is 21.3 Å². The largest absolute Gasteiger partial charge is 0.356 e. The van der Waals surface area contributed by atoms with Crippen molar-refractivity contribution in [2.24, 2.45) is 0 Å². The Bertz CT molecular complexity index is 7350. The van der Waals surface area contributed by atoms with Crippen LogP contribution in [0.5, 0.6) is 0 Å². The van der Waals surface area contributed by atoms with Crippen LogP contribution in [0.15, 0.2) is 449 Å². The molecular formula is C108H78N4. The summed E-state index contributed by atoms with van der Waals surface area (Å²) in [7, 11) is 0. The standard InChI is InChI=1S/C30H21N.3C26H19N/c1-3-11-25-21(8-1)10-7-15-26(25)22-16-18-24(19-17-22)31-30-20-23-9-2-4-12-27(23)28-13-5-6-14-29(28)30;1-3-7-22-17-24(10-9-19(22)5-1)21-11-14-25(15-12-21)27-26-16-13-20-6-2-4-8-23(20)18-26;1-2-8-22-18-24(17-12-19(22)6-1)27-23-15-13-21(14-16-23)26-11-5-9-20-7-3-4-10-25(20)26;1-2-9-21(10-3-1)27-22-16-14-19(15-17-22)26-18-20-8-4-5-11-23(20)24-12-6-7-13-25(24)26/h1-20,31H;3*1-18,27H/i1D,3D,7D,8D,10D,11D,15D;;;. The highest BCUT2D eigenvalue weighted by atomic mass is 14.9. The van der Waals surface area contributed by atoms with Gasteiger partial charge in [-0.15, -0.1) is 0 Å². The average Bonchev–Trinajstić information content (AvgIpc) is 0.731. The van der Waals surface area contributed by atoms with Gasteiger partial charge in [-0.2, -0.15) is 0 Å². The first-order valence-electron chi connectivity index (χ1n) is 41.2. The first-order valence-corrected chi connectivity index (χ1v) is 37.7. The van der Waals surface area contributed by atoms with Crippen molar-refractivity contribution in [3.63, 3.8) is 0 Å². The van der Waals surface area contributed by atoms with Gasteiger partial charge in [-0.3, -0.25) is 0 Å². The molecule has 112 heavy (non-hydrogen) atoms. The second-order valence-electron chi connectivity index (χ2n) is 27.8. The third kappa shape index (κ3) is 15.3. The average molecular weight is 1440 g/mol. The van der Waals surface area contributed by atoms with Crippen LogP contribution in [0.25, 0.3) is 141 Å². The van der Waals surface area contributed by atoms with E-state index in [-0.39, 0.29) is 46.5 Å². The number of anilines is 8.